The van der Waals surface area contributed by atoms with Gasteiger partial charge in [0.25, 0.3) is 0 Å². The number of anilines is 1. The van der Waals surface area contributed by atoms with Crippen LogP contribution < -0.4 is 10.4 Å². The molecule has 0 atom stereocenters. The van der Waals surface area contributed by atoms with Crippen LogP contribution in [-0.2, 0) is 0 Å². The molecule has 0 spiro atoms. The lowest BCUT2D eigenvalue weighted by atomic mass is 10.4. The summed E-state index contributed by atoms with van der Waals surface area (Å²) in [6.07, 6.45) is 2.35. The van der Waals surface area contributed by atoms with Crippen LogP contribution in [0.4, 0.5) is 5.82 Å². The van der Waals surface area contributed by atoms with Gasteiger partial charge >= 0.3 is 0 Å². The van der Waals surface area contributed by atoms with E-state index in [1.807, 2.05) is 0 Å². The largest absolute Gasteiger partial charge is 0.410 e. The van der Waals surface area contributed by atoms with E-state index in [1.54, 1.807) is 12.1 Å². The highest BCUT2D eigenvalue weighted by Crippen LogP contribution is 2.15. The van der Waals surface area contributed by atoms with E-state index in [0.29, 0.717) is 4.85 Å². The van der Waals surface area contributed by atoms with Crippen LogP contribution in [0.1, 0.15) is 12.8 Å². The van der Waals surface area contributed by atoms with E-state index in [9.17, 15) is 0 Å². The number of hydrogen-bond donors (Lipinski definition) is 2. The lowest BCUT2D eigenvalue weighted by Crippen LogP contribution is -2.25. The molecule has 0 radical (unpaired) electrons. The summed E-state index contributed by atoms with van der Waals surface area (Å²) in [6, 6.07) is 3.31. The van der Waals surface area contributed by atoms with Gasteiger partial charge in [0.1, 0.15) is 0 Å². The lowest BCUT2D eigenvalue weighted by molar-refractivity contribution is 0.130. The quantitative estimate of drug-likeness (QED) is 0.607. The molecule has 0 unspecified atom stereocenters. The maximum absolute atomic E-state index is 9.15. The van der Waals surface area contributed by atoms with Crippen molar-refractivity contribution in [3.8, 4) is 0 Å². The van der Waals surface area contributed by atoms with Crippen molar-refractivity contribution in [1.29, 1.82) is 5.41 Å². The highest BCUT2D eigenvalue weighted by atomic mass is 16.5. The van der Waals surface area contributed by atoms with Gasteiger partial charge < -0.3 is 10.1 Å². The summed E-state index contributed by atoms with van der Waals surface area (Å²) in [5, 5.41) is 20.2. The third-order valence-electron chi connectivity index (χ3n) is 2.23. The summed E-state index contributed by atoms with van der Waals surface area (Å²) in [6.45, 7) is 1.98. The van der Waals surface area contributed by atoms with Gasteiger partial charge in [0.05, 0.1) is 0 Å². The average molecular weight is 180 g/mol. The van der Waals surface area contributed by atoms with Gasteiger partial charge in [0.2, 0.25) is 0 Å². The van der Waals surface area contributed by atoms with Crippen LogP contribution in [-0.4, -0.2) is 28.2 Å². The highest BCUT2D eigenvalue weighted by Gasteiger charge is 2.13. The van der Waals surface area contributed by atoms with E-state index in [0.717, 1.165) is 18.9 Å². The minimum atomic E-state index is 0.00273. The molecule has 2 N–H and O–H groups in total. The summed E-state index contributed by atoms with van der Waals surface area (Å²) in [5.41, 5.74) is 0.00273. The van der Waals surface area contributed by atoms with Crippen LogP contribution in [0.15, 0.2) is 12.1 Å². The summed E-state index contributed by atoms with van der Waals surface area (Å²) in [4.78, 5) is 2.71. The van der Waals surface area contributed by atoms with E-state index in [1.165, 1.54) is 12.8 Å². The van der Waals surface area contributed by atoms with Gasteiger partial charge in [0, 0.05) is 13.1 Å². The minimum Gasteiger partial charge on any atom is -0.410 e. The second-order valence-corrected chi connectivity index (χ2v) is 3.16. The van der Waals surface area contributed by atoms with Crippen LogP contribution in [0.25, 0.3) is 0 Å². The molecule has 1 fully saturated rings. The fourth-order valence-electron chi connectivity index (χ4n) is 1.52. The van der Waals surface area contributed by atoms with Crippen molar-refractivity contribution in [2.24, 2.45) is 0 Å². The first-order valence-corrected chi connectivity index (χ1v) is 4.36. The van der Waals surface area contributed by atoms with Crippen LogP contribution in [0.5, 0.6) is 0 Å². The Morgan fingerprint density at radius 3 is 2.62 bits per heavy atom. The third-order valence-corrected chi connectivity index (χ3v) is 2.23. The van der Waals surface area contributed by atoms with Crippen molar-refractivity contribution in [1.82, 2.24) is 9.94 Å². The molecule has 1 aliphatic heterocycles. The first-order chi connectivity index (χ1) is 6.27. The molecule has 2 heterocycles. The van der Waals surface area contributed by atoms with Crippen molar-refractivity contribution in [2.45, 2.75) is 12.8 Å². The van der Waals surface area contributed by atoms with Crippen LogP contribution in [0.2, 0.25) is 0 Å². The Morgan fingerprint density at radius 2 is 2.00 bits per heavy atom. The molecule has 5 nitrogen and oxygen atoms in total. The summed E-state index contributed by atoms with van der Waals surface area (Å²) < 4.78 is 0. The Morgan fingerprint density at radius 1 is 1.31 bits per heavy atom. The second kappa shape index (κ2) is 3.08. The van der Waals surface area contributed by atoms with Crippen LogP contribution >= 0.6 is 0 Å². The molecule has 1 saturated heterocycles. The van der Waals surface area contributed by atoms with Crippen molar-refractivity contribution < 1.29 is 5.21 Å². The van der Waals surface area contributed by atoms with E-state index >= 15 is 0 Å². The fraction of sp³-hybridized carbons (Fsp3) is 0.500. The molecule has 0 aliphatic carbocycles. The number of aromatic nitrogens is 2. The van der Waals surface area contributed by atoms with Gasteiger partial charge in [-0.1, -0.05) is 4.85 Å². The van der Waals surface area contributed by atoms with Gasteiger partial charge in [-0.15, -0.1) is 5.10 Å². The molecule has 0 aromatic carbocycles. The Hall–Kier alpha value is -1.52. The molecular formula is C8H12N4O. The maximum atomic E-state index is 9.15. The normalized spacial score (nSPS) is 16.5. The van der Waals surface area contributed by atoms with E-state index in [2.05, 4.69) is 10.00 Å². The lowest BCUT2D eigenvalue weighted by Gasteiger charge is -2.15. The molecule has 2 rings (SSSR count). The smallest absolute Gasteiger partial charge is 0.182 e. The Kier molecular flexibility index (Phi) is 1.92. The number of nitrogens with zero attached hydrogens (tertiary/aromatic N) is 3. The summed E-state index contributed by atoms with van der Waals surface area (Å²) in [5.74, 6) is 0.746. The number of hydrogen-bond acceptors (Lipinski definition) is 4. The molecule has 1 aliphatic rings. The van der Waals surface area contributed by atoms with Gasteiger partial charge in [-0.05, 0) is 25.0 Å². The van der Waals surface area contributed by atoms with E-state index in [-0.39, 0.29) is 5.49 Å². The predicted octanol–water partition coefficient (Wildman–Crippen LogP) is 0.200. The molecule has 70 valence electrons. The molecule has 5 heteroatoms. The number of rotatable bonds is 1. The molecule has 13 heavy (non-hydrogen) atoms. The monoisotopic (exact) mass is 180 g/mol. The predicted molar refractivity (Wildman–Crippen MR) is 46.7 cm³/mol. The third kappa shape index (κ3) is 1.49. The van der Waals surface area contributed by atoms with Gasteiger partial charge in [-0.25, -0.2) is 0 Å². The van der Waals surface area contributed by atoms with Crippen molar-refractivity contribution >= 4 is 5.82 Å². The molecular weight excluding hydrogens is 168 g/mol. The van der Waals surface area contributed by atoms with Gasteiger partial charge in [-0.2, -0.15) is 0 Å². The van der Waals surface area contributed by atoms with Crippen molar-refractivity contribution in [3.63, 3.8) is 0 Å². The van der Waals surface area contributed by atoms with Crippen LogP contribution in [0, 0.1) is 5.41 Å². The highest BCUT2D eigenvalue weighted by molar-refractivity contribution is 5.37. The van der Waals surface area contributed by atoms with Gasteiger partial charge in [0.15, 0.2) is 11.3 Å². The molecule has 0 saturated carbocycles. The summed E-state index contributed by atoms with van der Waals surface area (Å²) in [7, 11) is 0. The fourth-order valence-corrected chi connectivity index (χ4v) is 1.52. The summed E-state index contributed by atoms with van der Waals surface area (Å²) >= 11 is 0. The zero-order chi connectivity index (χ0) is 9.26. The molecule has 0 bridgehead atoms. The van der Waals surface area contributed by atoms with E-state index < -0.39 is 0 Å². The zero-order valence-corrected chi connectivity index (χ0v) is 7.27. The second-order valence-electron chi connectivity index (χ2n) is 3.16. The molecule has 1 aromatic heterocycles. The number of nitrogens with one attached hydrogen (secondary N) is 1. The van der Waals surface area contributed by atoms with E-state index in [4.69, 9.17) is 10.6 Å². The first kappa shape index (κ1) is 8.10. The van der Waals surface area contributed by atoms with Gasteiger partial charge in [-0.3, -0.25) is 5.41 Å². The van der Waals surface area contributed by atoms with Crippen molar-refractivity contribution in [3.05, 3.63) is 17.6 Å². The molecule has 0 amide bonds. The first-order valence-electron chi connectivity index (χ1n) is 4.36. The minimum absolute atomic E-state index is 0.00273. The molecule has 1 aromatic rings. The zero-order valence-electron chi connectivity index (χ0n) is 7.27. The Balaban J connectivity index is 2.30. The maximum Gasteiger partial charge on any atom is 0.182 e. The van der Waals surface area contributed by atoms with Crippen molar-refractivity contribution in [2.75, 3.05) is 18.0 Å². The Bertz CT molecular complexity index is 353. The standard InChI is InChI=1S/C8H12N4O/c9-7-3-4-8(10-12(7)13)11-5-1-2-6-11/h3-4,9,13H,1-2,5-6H2. The topological polar surface area (TPSA) is 65.1 Å². The van der Waals surface area contributed by atoms with Crippen LogP contribution in [0.3, 0.4) is 0 Å². The average Bonchev–Trinajstić information content (AvgIpc) is 2.62. The SMILES string of the molecule is N=c1ccc(N2CCCC2)nn1O. The Labute approximate surface area is 75.7 Å².